The molecule has 9 heteroatoms. The number of H-pyrrole nitrogens is 1. The highest BCUT2D eigenvalue weighted by Crippen LogP contribution is 2.27. The molecule has 0 unspecified atom stereocenters. The van der Waals surface area contributed by atoms with Crippen molar-refractivity contribution in [1.29, 1.82) is 0 Å². The van der Waals surface area contributed by atoms with Crippen LogP contribution in [-0.4, -0.2) is 20.0 Å². The molecule has 7 nitrogen and oxygen atoms in total. The average Bonchev–Trinajstić information content (AvgIpc) is 3.14. The van der Waals surface area contributed by atoms with E-state index in [-0.39, 0.29) is 10.8 Å². The minimum atomic E-state index is -0.491. The molecule has 0 saturated heterocycles. The van der Waals surface area contributed by atoms with Crippen LogP contribution in [-0.2, 0) is 0 Å². The van der Waals surface area contributed by atoms with Crippen LogP contribution in [0.3, 0.4) is 0 Å². The first-order valence-corrected chi connectivity index (χ1v) is 9.35. The van der Waals surface area contributed by atoms with Gasteiger partial charge in [-0.15, -0.1) is 0 Å². The summed E-state index contributed by atoms with van der Waals surface area (Å²) in [6.45, 7) is 0. The van der Waals surface area contributed by atoms with E-state index in [0.29, 0.717) is 10.7 Å². The summed E-state index contributed by atoms with van der Waals surface area (Å²) < 4.78 is 0. The zero-order valence-electron chi connectivity index (χ0n) is 14.8. The summed E-state index contributed by atoms with van der Waals surface area (Å²) in [7, 11) is 0. The van der Waals surface area contributed by atoms with Gasteiger partial charge in [0.2, 0.25) is 0 Å². The number of nitrogens with zero attached hydrogens (tertiary/aromatic N) is 2. The SMILES string of the molecule is O=[N+]([O-])c1ccc(Cl)c(NC(=S)Nc2ccc(-c3nc4ccccc4[nH]3)cc2)c1. The average molecular weight is 424 g/mol. The van der Waals surface area contributed by atoms with Gasteiger partial charge in [0, 0.05) is 23.4 Å². The van der Waals surface area contributed by atoms with Gasteiger partial charge in [-0.3, -0.25) is 10.1 Å². The molecule has 3 N–H and O–H groups in total. The van der Waals surface area contributed by atoms with Crippen molar-refractivity contribution < 1.29 is 4.92 Å². The lowest BCUT2D eigenvalue weighted by molar-refractivity contribution is -0.384. The number of non-ortho nitro benzene ring substituents is 1. The molecular formula is C20H14ClN5O2S. The lowest BCUT2D eigenvalue weighted by atomic mass is 10.2. The molecular weight excluding hydrogens is 410 g/mol. The monoisotopic (exact) mass is 423 g/mol. The number of imidazole rings is 1. The molecule has 0 saturated carbocycles. The number of fused-ring (bicyclic) bond motifs is 1. The van der Waals surface area contributed by atoms with Crippen LogP contribution in [0.25, 0.3) is 22.4 Å². The number of para-hydroxylation sites is 2. The molecule has 0 radical (unpaired) electrons. The van der Waals surface area contributed by atoms with Gasteiger partial charge in [-0.2, -0.15) is 0 Å². The van der Waals surface area contributed by atoms with E-state index < -0.39 is 4.92 Å². The Morgan fingerprint density at radius 3 is 2.55 bits per heavy atom. The fourth-order valence-corrected chi connectivity index (χ4v) is 3.20. The van der Waals surface area contributed by atoms with Crippen molar-refractivity contribution in [2.45, 2.75) is 0 Å². The maximum absolute atomic E-state index is 10.9. The third kappa shape index (κ3) is 4.18. The van der Waals surface area contributed by atoms with Crippen molar-refractivity contribution in [3.63, 3.8) is 0 Å². The number of aromatic nitrogens is 2. The summed E-state index contributed by atoms with van der Waals surface area (Å²) in [6, 6.07) is 19.5. The molecule has 0 aliphatic rings. The molecule has 0 amide bonds. The predicted octanol–water partition coefficient (Wildman–Crippen LogP) is 5.60. The largest absolute Gasteiger partial charge is 0.338 e. The smallest absolute Gasteiger partial charge is 0.271 e. The van der Waals surface area contributed by atoms with E-state index in [0.717, 1.165) is 28.1 Å². The first-order valence-electron chi connectivity index (χ1n) is 8.57. The standard InChI is InChI=1S/C20H14ClN5O2S/c21-15-10-9-14(26(27)28)11-18(15)25-20(29)22-13-7-5-12(6-8-13)19-23-16-3-1-2-4-17(16)24-19/h1-11H,(H,23,24)(H2,22,25,29). The number of anilines is 2. The van der Waals surface area contributed by atoms with E-state index in [4.69, 9.17) is 23.8 Å². The van der Waals surface area contributed by atoms with Crippen molar-refractivity contribution >= 4 is 57.0 Å². The van der Waals surface area contributed by atoms with E-state index in [2.05, 4.69) is 20.6 Å². The van der Waals surface area contributed by atoms with E-state index in [9.17, 15) is 10.1 Å². The second-order valence-corrected chi connectivity index (χ2v) is 7.00. The van der Waals surface area contributed by atoms with Crippen LogP contribution < -0.4 is 10.6 Å². The summed E-state index contributed by atoms with van der Waals surface area (Å²) in [5.41, 5.74) is 3.86. The molecule has 1 heterocycles. The number of hydrogen-bond acceptors (Lipinski definition) is 4. The van der Waals surface area contributed by atoms with Crippen molar-refractivity contribution in [3.05, 3.63) is 81.9 Å². The molecule has 29 heavy (non-hydrogen) atoms. The molecule has 0 aliphatic carbocycles. The third-order valence-electron chi connectivity index (χ3n) is 4.21. The van der Waals surface area contributed by atoms with Gasteiger partial charge >= 0.3 is 0 Å². The molecule has 0 aliphatic heterocycles. The Kier molecular flexibility index (Phi) is 5.11. The summed E-state index contributed by atoms with van der Waals surface area (Å²) in [5.74, 6) is 0.779. The van der Waals surface area contributed by atoms with Crippen LogP contribution in [0.5, 0.6) is 0 Å². The van der Waals surface area contributed by atoms with Crippen LogP contribution in [0.15, 0.2) is 66.7 Å². The molecule has 1 aromatic heterocycles. The highest BCUT2D eigenvalue weighted by atomic mass is 35.5. The minimum absolute atomic E-state index is 0.0742. The zero-order valence-corrected chi connectivity index (χ0v) is 16.4. The minimum Gasteiger partial charge on any atom is -0.338 e. The Balaban J connectivity index is 1.47. The highest BCUT2D eigenvalue weighted by Gasteiger charge is 2.11. The van der Waals surface area contributed by atoms with Gasteiger partial charge in [-0.05, 0) is 54.7 Å². The van der Waals surface area contributed by atoms with Crippen molar-refractivity contribution in [2.24, 2.45) is 0 Å². The molecule has 3 aromatic carbocycles. The Labute approximate surface area is 175 Å². The topological polar surface area (TPSA) is 95.9 Å². The van der Waals surface area contributed by atoms with E-state index in [1.54, 1.807) is 0 Å². The van der Waals surface area contributed by atoms with Crippen LogP contribution >= 0.6 is 23.8 Å². The number of halogens is 1. The second-order valence-electron chi connectivity index (χ2n) is 6.18. The molecule has 4 aromatic rings. The first kappa shape index (κ1) is 18.9. The number of nitrogens with one attached hydrogen (secondary N) is 3. The molecule has 0 spiro atoms. The van der Waals surface area contributed by atoms with Crippen LogP contribution in [0.1, 0.15) is 0 Å². The molecule has 0 atom stereocenters. The van der Waals surface area contributed by atoms with E-state index in [1.165, 1.54) is 18.2 Å². The lowest BCUT2D eigenvalue weighted by Gasteiger charge is -2.12. The van der Waals surface area contributed by atoms with Crippen molar-refractivity contribution in [3.8, 4) is 11.4 Å². The number of rotatable bonds is 4. The van der Waals surface area contributed by atoms with Gasteiger partial charge in [0.25, 0.3) is 5.69 Å². The van der Waals surface area contributed by atoms with E-state index >= 15 is 0 Å². The molecule has 0 bridgehead atoms. The molecule has 144 valence electrons. The predicted molar refractivity (Wildman–Crippen MR) is 119 cm³/mol. The first-order chi connectivity index (χ1) is 14.0. The summed E-state index contributed by atoms with van der Waals surface area (Å²) >= 11 is 11.4. The van der Waals surface area contributed by atoms with Crippen LogP contribution in [0.2, 0.25) is 5.02 Å². The zero-order chi connectivity index (χ0) is 20.4. The number of hydrogen-bond donors (Lipinski definition) is 3. The quantitative estimate of drug-likeness (QED) is 0.224. The lowest BCUT2D eigenvalue weighted by Crippen LogP contribution is -2.19. The molecule has 4 rings (SSSR count). The summed E-state index contributed by atoms with van der Waals surface area (Å²) in [5, 5.41) is 17.4. The molecule has 0 fully saturated rings. The Morgan fingerprint density at radius 1 is 1.07 bits per heavy atom. The van der Waals surface area contributed by atoms with Gasteiger partial charge < -0.3 is 15.6 Å². The fraction of sp³-hybridized carbons (Fsp3) is 0. The van der Waals surface area contributed by atoms with E-state index in [1.807, 2.05) is 48.5 Å². The van der Waals surface area contributed by atoms with Gasteiger partial charge in [-0.1, -0.05) is 23.7 Å². The maximum Gasteiger partial charge on any atom is 0.271 e. The number of benzene rings is 3. The fourth-order valence-electron chi connectivity index (χ4n) is 2.81. The Hall–Kier alpha value is -3.49. The normalized spacial score (nSPS) is 10.7. The van der Waals surface area contributed by atoms with Gasteiger partial charge in [0.1, 0.15) is 5.82 Å². The Morgan fingerprint density at radius 2 is 1.83 bits per heavy atom. The Bertz CT molecular complexity index is 1190. The van der Waals surface area contributed by atoms with Crippen molar-refractivity contribution in [2.75, 3.05) is 10.6 Å². The number of nitro benzene ring substituents is 1. The summed E-state index contributed by atoms with van der Waals surface area (Å²) in [6.07, 6.45) is 0. The van der Waals surface area contributed by atoms with Gasteiger partial charge in [0.05, 0.1) is 26.7 Å². The second kappa shape index (κ2) is 7.86. The van der Waals surface area contributed by atoms with Gasteiger partial charge in [-0.25, -0.2) is 4.98 Å². The highest BCUT2D eigenvalue weighted by molar-refractivity contribution is 7.80. The van der Waals surface area contributed by atoms with Crippen LogP contribution in [0.4, 0.5) is 17.1 Å². The van der Waals surface area contributed by atoms with Crippen LogP contribution in [0, 0.1) is 10.1 Å². The maximum atomic E-state index is 10.9. The number of nitro groups is 1. The summed E-state index contributed by atoms with van der Waals surface area (Å²) in [4.78, 5) is 18.3. The number of thiocarbonyl (C=S) groups is 1. The third-order valence-corrected chi connectivity index (χ3v) is 4.75. The number of aromatic amines is 1. The van der Waals surface area contributed by atoms with Gasteiger partial charge in [0.15, 0.2) is 5.11 Å². The van der Waals surface area contributed by atoms with Crippen molar-refractivity contribution in [1.82, 2.24) is 9.97 Å².